The number of thioether (sulfide) groups is 1. The van der Waals surface area contributed by atoms with Gasteiger partial charge in [-0.15, -0.1) is 0 Å². The Hall–Kier alpha value is -1.79. The molecule has 126 valence electrons. The maximum atomic E-state index is 6.09. The second-order valence-corrected chi connectivity index (χ2v) is 8.27. The lowest BCUT2D eigenvalue weighted by molar-refractivity contribution is 0.364. The Labute approximate surface area is 150 Å². The van der Waals surface area contributed by atoms with Crippen LogP contribution in [0.2, 0.25) is 5.02 Å². The second kappa shape index (κ2) is 6.61. The monoisotopic (exact) mass is 362 g/mol. The molecule has 0 saturated carbocycles. The fraction of sp³-hybridized carbons (Fsp3) is 0.353. The van der Waals surface area contributed by atoms with E-state index in [1.54, 1.807) is 18.0 Å². The van der Waals surface area contributed by atoms with Crippen molar-refractivity contribution in [2.45, 2.75) is 43.5 Å². The van der Waals surface area contributed by atoms with E-state index in [0.717, 1.165) is 10.8 Å². The highest BCUT2D eigenvalue weighted by Crippen LogP contribution is 2.35. The summed E-state index contributed by atoms with van der Waals surface area (Å²) in [5.41, 5.74) is 0.835. The number of rotatable bonds is 4. The van der Waals surface area contributed by atoms with E-state index in [4.69, 9.17) is 16.1 Å². The minimum atomic E-state index is -0.134. The molecular weight excluding hydrogens is 344 g/mol. The van der Waals surface area contributed by atoms with Crippen molar-refractivity contribution >= 4 is 23.4 Å². The Bertz CT molecular complexity index is 837. The third kappa shape index (κ3) is 3.65. The Morgan fingerprint density at radius 1 is 1.29 bits per heavy atom. The van der Waals surface area contributed by atoms with Crippen molar-refractivity contribution in [3.63, 3.8) is 0 Å². The number of aromatic nitrogens is 4. The molecule has 0 spiro atoms. The first-order valence-corrected chi connectivity index (χ1v) is 8.90. The van der Waals surface area contributed by atoms with Crippen molar-refractivity contribution in [3.8, 4) is 5.69 Å². The van der Waals surface area contributed by atoms with Gasteiger partial charge in [0.1, 0.15) is 0 Å². The van der Waals surface area contributed by atoms with Crippen LogP contribution in [-0.4, -0.2) is 19.7 Å². The summed E-state index contributed by atoms with van der Waals surface area (Å²) in [6.45, 7) is 8.21. The predicted molar refractivity (Wildman–Crippen MR) is 95.8 cm³/mol. The number of hydrogen-bond donors (Lipinski definition) is 0. The van der Waals surface area contributed by atoms with Crippen LogP contribution in [-0.2, 0) is 5.41 Å². The molecule has 2 aromatic heterocycles. The topological polar surface area (TPSA) is 56.7 Å². The molecule has 24 heavy (non-hydrogen) atoms. The highest BCUT2D eigenvalue weighted by atomic mass is 35.5. The number of halogens is 1. The van der Waals surface area contributed by atoms with Gasteiger partial charge in [0, 0.05) is 28.5 Å². The third-order valence-electron chi connectivity index (χ3n) is 3.44. The lowest BCUT2D eigenvalue weighted by Gasteiger charge is -2.11. The molecule has 1 unspecified atom stereocenters. The SMILES string of the molecule is CC(Sc1nccn1-c1cccc(Cl)c1)c1nc(C(C)(C)C)no1. The van der Waals surface area contributed by atoms with E-state index < -0.39 is 0 Å². The molecule has 2 heterocycles. The van der Waals surface area contributed by atoms with Crippen LogP contribution in [0, 0.1) is 0 Å². The molecule has 0 aliphatic carbocycles. The van der Waals surface area contributed by atoms with Crippen LogP contribution < -0.4 is 0 Å². The Morgan fingerprint density at radius 3 is 2.75 bits per heavy atom. The second-order valence-electron chi connectivity index (χ2n) is 6.53. The Morgan fingerprint density at radius 2 is 2.08 bits per heavy atom. The quantitative estimate of drug-likeness (QED) is 0.607. The number of nitrogens with zero attached hydrogens (tertiary/aromatic N) is 4. The van der Waals surface area contributed by atoms with Crippen molar-refractivity contribution in [3.05, 3.63) is 53.4 Å². The van der Waals surface area contributed by atoms with Gasteiger partial charge in [0.25, 0.3) is 0 Å². The first-order chi connectivity index (χ1) is 11.3. The zero-order valence-corrected chi connectivity index (χ0v) is 15.6. The summed E-state index contributed by atoms with van der Waals surface area (Å²) in [5, 5.41) is 5.62. The predicted octanol–water partition coefficient (Wildman–Crippen LogP) is 5.06. The molecule has 7 heteroatoms. The molecule has 1 atom stereocenters. The molecular formula is C17H19ClN4OS. The molecule has 0 radical (unpaired) electrons. The average Bonchev–Trinajstić information content (AvgIpc) is 3.15. The fourth-order valence-electron chi connectivity index (χ4n) is 2.11. The third-order valence-corrected chi connectivity index (χ3v) is 4.74. The van der Waals surface area contributed by atoms with E-state index in [1.165, 1.54) is 0 Å². The minimum Gasteiger partial charge on any atom is -0.338 e. The van der Waals surface area contributed by atoms with Crippen LogP contribution in [0.5, 0.6) is 0 Å². The minimum absolute atomic E-state index is 0.00562. The molecule has 1 aromatic carbocycles. The van der Waals surface area contributed by atoms with Crippen LogP contribution in [0.3, 0.4) is 0 Å². The normalized spacial score (nSPS) is 13.2. The molecule has 0 saturated heterocycles. The van der Waals surface area contributed by atoms with Gasteiger partial charge in [0.15, 0.2) is 11.0 Å². The van der Waals surface area contributed by atoms with E-state index in [-0.39, 0.29) is 10.7 Å². The summed E-state index contributed by atoms with van der Waals surface area (Å²) < 4.78 is 7.42. The van der Waals surface area contributed by atoms with Gasteiger partial charge in [-0.2, -0.15) is 4.98 Å². The summed E-state index contributed by atoms with van der Waals surface area (Å²) in [4.78, 5) is 8.96. The molecule has 0 bridgehead atoms. The van der Waals surface area contributed by atoms with Gasteiger partial charge in [-0.25, -0.2) is 4.98 Å². The highest BCUT2D eigenvalue weighted by Gasteiger charge is 2.24. The summed E-state index contributed by atoms with van der Waals surface area (Å²) in [6.07, 6.45) is 3.68. The zero-order chi connectivity index (χ0) is 17.3. The van der Waals surface area contributed by atoms with Gasteiger partial charge in [-0.3, -0.25) is 4.57 Å². The fourth-order valence-corrected chi connectivity index (χ4v) is 3.21. The molecule has 3 aromatic rings. The van der Waals surface area contributed by atoms with Crippen LogP contribution in [0.4, 0.5) is 0 Å². The van der Waals surface area contributed by atoms with Crippen molar-refractivity contribution in [2.75, 3.05) is 0 Å². The number of imidazole rings is 1. The van der Waals surface area contributed by atoms with E-state index in [2.05, 4.69) is 35.9 Å². The smallest absolute Gasteiger partial charge is 0.239 e. The van der Waals surface area contributed by atoms with Crippen LogP contribution in [0.15, 0.2) is 46.3 Å². The van der Waals surface area contributed by atoms with Gasteiger partial charge >= 0.3 is 0 Å². The maximum absolute atomic E-state index is 6.09. The largest absolute Gasteiger partial charge is 0.338 e. The molecule has 0 aliphatic heterocycles. The van der Waals surface area contributed by atoms with Gasteiger partial charge in [-0.1, -0.05) is 55.4 Å². The van der Waals surface area contributed by atoms with Crippen molar-refractivity contribution < 1.29 is 4.52 Å². The Kier molecular flexibility index (Phi) is 4.69. The molecule has 3 rings (SSSR count). The first kappa shape index (κ1) is 17.0. The van der Waals surface area contributed by atoms with E-state index in [0.29, 0.717) is 16.7 Å². The van der Waals surface area contributed by atoms with Gasteiger partial charge in [0.2, 0.25) is 5.89 Å². The maximum Gasteiger partial charge on any atom is 0.239 e. The average molecular weight is 363 g/mol. The van der Waals surface area contributed by atoms with Crippen molar-refractivity contribution in [1.82, 2.24) is 19.7 Å². The molecule has 5 nitrogen and oxygen atoms in total. The van der Waals surface area contributed by atoms with Crippen LogP contribution >= 0.6 is 23.4 Å². The zero-order valence-electron chi connectivity index (χ0n) is 14.0. The van der Waals surface area contributed by atoms with Crippen LogP contribution in [0.1, 0.15) is 44.7 Å². The first-order valence-electron chi connectivity index (χ1n) is 7.64. The number of hydrogen-bond acceptors (Lipinski definition) is 5. The lowest BCUT2D eigenvalue weighted by atomic mass is 9.96. The van der Waals surface area contributed by atoms with Crippen molar-refractivity contribution in [1.29, 1.82) is 0 Å². The lowest BCUT2D eigenvalue weighted by Crippen LogP contribution is -2.13. The van der Waals surface area contributed by atoms with Gasteiger partial charge in [-0.05, 0) is 25.1 Å². The van der Waals surface area contributed by atoms with E-state index in [1.807, 2.05) is 42.0 Å². The summed E-state index contributed by atoms with van der Waals surface area (Å²) >= 11 is 7.65. The molecule has 0 aliphatic rings. The summed E-state index contributed by atoms with van der Waals surface area (Å²) in [6, 6.07) is 7.67. The van der Waals surface area contributed by atoms with E-state index >= 15 is 0 Å². The van der Waals surface area contributed by atoms with Crippen LogP contribution in [0.25, 0.3) is 5.69 Å². The van der Waals surface area contributed by atoms with Crippen molar-refractivity contribution in [2.24, 2.45) is 0 Å². The highest BCUT2D eigenvalue weighted by molar-refractivity contribution is 7.99. The number of benzene rings is 1. The molecule has 0 fully saturated rings. The molecule has 0 amide bonds. The van der Waals surface area contributed by atoms with Gasteiger partial charge in [0.05, 0.1) is 5.25 Å². The van der Waals surface area contributed by atoms with Gasteiger partial charge < -0.3 is 4.52 Å². The molecule has 0 N–H and O–H groups in total. The van der Waals surface area contributed by atoms with E-state index in [9.17, 15) is 0 Å². The summed E-state index contributed by atoms with van der Waals surface area (Å²) in [5.74, 6) is 1.31. The summed E-state index contributed by atoms with van der Waals surface area (Å²) in [7, 11) is 0. The standard InChI is InChI=1S/C17H19ClN4OS/c1-11(14-20-15(21-23-14)17(2,3)4)24-16-19-8-9-22(16)13-7-5-6-12(18)10-13/h5-11H,1-4H3. The Balaban J connectivity index is 1.82.